The number of likely N-dealkylation sites (tertiary alicyclic amines) is 1. The van der Waals surface area contributed by atoms with Crippen LogP contribution in [0, 0.1) is 5.92 Å². The summed E-state index contributed by atoms with van der Waals surface area (Å²) in [6.45, 7) is 9.82. The Hall–Kier alpha value is -1.39. The second-order valence-electron chi connectivity index (χ2n) is 7.89. The largest absolute Gasteiger partial charge is 0.363 e. The lowest BCUT2D eigenvalue weighted by Crippen LogP contribution is -2.61. The van der Waals surface area contributed by atoms with Gasteiger partial charge in [0.05, 0.1) is 6.61 Å². The van der Waals surface area contributed by atoms with Crippen LogP contribution in [-0.2, 0) is 16.0 Å². The van der Waals surface area contributed by atoms with Gasteiger partial charge < -0.3 is 14.5 Å². The SMILES string of the molecule is CC(C)CCN1CCC2(CC1)OCCN(CCc1ccccc1)C2=O. The van der Waals surface area contributed by atoms with E-state index in [0.29, 0.717) is 6.61 Å². The van der Waals surface area contributed by atoms with E-state index >= 15 is 0 Å². The van der Waals surface area contributed by atoms with Crippen LogP contribution in [0.3, 0.4) is 0 Å². The number of piperidine rings is 1. The third-order valence-electron chi connectivity index (χ3n) is 5.62. The number of ether oxygens (including phenoxy) is 1. The van der Waals surface area contributed by atoms with Crippen molar-refractivity contribution in [1.29, 1.82) is 0 Å². The van der Waals surface area contributed by atoms with E-state index in [0.717, 1.165) is 57.9 Å². The molecule has 0 aromatic heterocycles. The van der Waals surface area contributed by atoms with Gasteiger partial charge in [0.15, 0.2) is 0 Å². The van der Waals surface area contributed by atoms with Crippen molar-refractivity contribution in [3.63, 3.8) is 0 Å². The first-order valence-corrected chi connectivity index (χ1v) is 9.79. The van der Waals surface area contributed by atoms with Crippen molar-refractivity contribution in [2.75, 3.05) is 39.3 Å². The number of carbonyl (C=O) groups is 1. The van der Waals surface area contributed by atoms with Crippen molar-refractivity contribution >= 4 is 5.91 Å². The van der Waals surface area contributed by atoms with Gasteiger partial charge in [-0.1, -0.05) is 44.2 Å². The molecule has 0 saturated carbocycles. The zero-order chi connectivity index (χ0) is 17.7. The maximum Gasteiger partial charge on any atom is 0.255 e. The normalized spacial score (nSPS) is 21.2. The van der Waals surface area contributed by atoms with Crippen molar-refractivity contribution in [1.82, 2.24) is 9.80 Å². The zero-order valence-electron chi connectivity index (χ0n) is 15.7. The Morgan fingerprint density at radius 1 is 1.08 bits per heavy atom. The van der Waals surface area contributed by atoms with Crippen LogP contribution >= 0.6 is 0 Å². The Morgan fingerprint density at radius 2 is 1.80 bits per heavy atom. The second kappa shape index (κ2) is 8.33. The first-order valence-electron chi connectivity index (χ1n) is 9.79. The highest BCUT2D eigenvalue weighted by Crippen LogP contribution is 2.31. The fourth-order valence-electron chi connectivity index (χ4n) is 3.86. The highest BCUT2D eigenvalue weighted by molar-refractivity contribution is 5.86. The summed E-state index contributed by atoms with van der Waals surface area (Å²) in [6, 6.07) is 10.4. The molecule has 2 fully saturated rings. The minimum absolute atomic E-state index is 0.221. The predicted octanol–water partition coefficient (Wildman–Crippen LogP) is 2.97. The molecule has 0 radical (unpaired) electrons. The molecule has 0 aliphatic carbocycles. The number of morpholine rings is 1. The average molecular weight is 344 g/mol. The highest BCUT2D eigenvalue weighted by atomic mass is 16.5. The minimum atomic E-state index is -0.552. The van der Waals surface area contributed by atoms with Gasteiger partial charge in [0.1, 0.15) is 5.60 Å². The molecule has 4 heteroatoms. The van der Waals surface area contributed by atoms with Crippen LogP contribution in [-0.4, -0.2) is 60.6 Å². The average Bonchev–Trinajstić information content (AvgIpc) is 2.63. The van der Waals surface area contributed by atoms with Gasteiger partial charge in [0.25, 0.3) is 5.91 Å². The maximum atomic E-state index is 13.1. The predicted molar refractivity (Wildman–Crippen MR) is 101 cm³/mol. The first kappa shape index (κ1) is 18.4. The molecule has 0 unspecified atom stereocenters. The van der Waals surface area contributed by atoms with Gasteiger partial charge >= 0.3 is 0 Å². The standard InChI is InChI=1S/C21H32N2O2/c1-18(2)8-12-22-14-10-21(11-15-22)20(24)23(16-17-25-21)13-9-19-6-4-3-5-7-19/h3-7,18H,8-17H2,1-2H3. The molecular formula is C21H32N2O2. The van der Waals surface area contributed by atoms with Crippen LogP contribution in [0.1, 0.15) is 38.7 Å². The van der Waals surface area contributed by atoms with Crippen LogP contribution in [0.5, 0.6) is 0 Å². The molecule has 1 aromatic rings. The summed E-state index contributed by atoms with van der Waals surface area (Å²) in [5.74, 6) is 0.954. The number of rotatable bonds is 6. The second-order valence-corrected chi connectivity index (χ2v) is 7.89. The molecule has 4 nitrogen and oxygen atoms in total. The van der Waals surface area contributed by atoms with Crippen LogP contribution < -0.4 is 0 Å². The Morgan fingerprint density at radius 3 is 2.48 bits per heavy atom. The number of hydrogen-bond acceptors (Lipinski definition) is 3. The molecule has 2 aliphatic rings. The quantitative estimate of drug-likeness (QED) is 0.795. The fourth-order valence-corrected chi connectivity index (χ4v) is 3.86. The third-order valence-corrected chi connectivity index (χ3v) is 5.62. The summed E-state index contributed by atoms with van der Waals surface area (Å²) < 4.78 is 6.06. The Balaban J connectivity index is 1.53. The third kappa shape index (κ3) is 4.62. The van der Waals surface area contributed by atoms with Crippen LogP contribution in [0.2, 0.25) is 0 Å². The topological polar surface area (TPSA) is 32.8 Å². The number of nitrogens with zero attached hydrogens (tertiary/aromatic N) is 2. The highest BCUT2D eigenvalue weighted by Gasteiger charge is 2.46. The van der Waals surface area contributed by atoms with Crippen molar-refractivity contribution in [3.8, 4) is 0 Å². The molecule has 0 atom stereocenters. The smallest absolute Gasteiger partial charge is 0.255 e. The lowest BCUT2D eigenvalue weighted by atomic mass is 9.88. The summed E-state index contributed by atoms with van der Waals surface area (Å²) in [4.78, 5) is 17.6. The van der Waals surface area contributed by atoms with Gasteiger partial charge in [-0.3, -0.25) is 4.79 Å². The van der Waals surface area contributed by atoms with E-state index in [1.807, 2.05) is 11.0 Å². The van der Waals surface area contributed by atoms with Crippen LogP contribution in [0.15, 0.2) is 30.3 Å². The number of amides is 1. The molecule has 2 saturated heterocycles. The molecule has 1 spiro atoms. The van der Waals surface area contributed by atoms with Crippen molar-refractivity contribution in [2.24, 2.45) is 5.92 Å². The summed E-state index contributed by atoms with van der Waals surface area (Å²) in [5.41, 5.74) is 0.739. The molecule has 0 bridgehead atoms. The van der Waals surface area contributed by atoms with Gasteiger partial charge in [-0.25, -0.2) is 0 Å². The molecule has 1 aromatic carbocycles. The molecule has 3 rings (SSSR count). The van der Waals surface area contributed by atoms with E-state index in [1.165, 1.54) is 12.0 Å². The maximum absolute atomic E-state index is 13.1. The van der Waals surface area contributed by atoms with E-state index in [9.17, 15) is 4.79 Å². The first-order chi connectivity index (χ1) is 12.1. The van der Waals surface area contributed by atoms with Crippen molar-refractivity contribution in [2.45, 2.75) is 45.1 Å². The zero-order valence-corrected chi connectivity index (χ0v) is 15.7. The van der Waals surface area contributed by atoms with E-state index in [1.54, 1.807) is 0 Å². The minimum Gasteiger partial charge on any atom is -0.363 e. The van der Waals surface area contributed by atoms with Gasteiger partial charge in [-0.05, 0) is 43.7 Å². The lowest BCUT2D eigenvalue weighted by Gasteiger charge is -2.46. The Bertz CT molecular complexity index is 550. The lowest BCUT2D eigenvalue weighted by molar-refractivity contribution is -0.179. The van der Waals surface area contributed by atoms with Crippen molar-refractivity contribution in [3.05, 3.63) is 35.9 Å². The van der Waals surface area contributed by atoms with E-state index in [-0.39, 0.29) is 5.91 Å². The molecule has 2 aliphatic heterocycles. The Labute approximate surface area is 152 Å². The molecule has 2 heterocycles. The van der Waals surface area contributed by atoms with Gasteiger partial charge in [0.2, 0.25) is 0 Å². The molecule has 25 heavy (non-hydrogen) atoms. The van der Waals surface area contributed by atoms with E-state index < -0.39 is 5.60 Å². The molecular weight excluding hydrogens is 312 g/mol. The van der Waals surface area contributed by atoms with E-state index in [4.69, 9.17) is 4.74 Å². The van der Waals surface area contributed by atoms with Crippen LogP contribution in [0.25, 0.3) is 0 Å². The van der Waals surface area contributed by atoms with Crippen molar-refractivity contribution < 1.29 is 9.53 Å². The van der Waals surface area contributed by atoms with Gasteiger partial charge in [0, 0.05) is 26.2 Å². The molecule has 0 N–H and O–H groups in total. The van der Waals surface area contributed by atoms with Gasteiger partial charge in [-0.15, -0.1) is 0 Å². The number of benzene rings is 1. The van der Waals surface area contributed by atoms with Gasteiger partial charge in [-0.2, -0.15) is 0 Å². The molecule has 138 valence electrons. The number of carbonyl (C=O) groups excluding carboxylic acids is 1. The monoisotopic (exact) mass is 344 g/mol. The fraction of sp³-hybridized carbons (Fsp3) is 0.667. The molecule has 1 amide bonds. The summed E-state index contributed by atoms with van der Waals surface area (Å²) in [5, 5.41) is 0. The summed E-state index contributed by atoms with van der Waals surface area (Å²) >= 11 is 0. The Kier molecular flexibility index (Phi) is 6.13. The van der Waals surface area contributed by atoms with E-state index in [2.05, 4.69) is 43.0 Å². The summed E-state index contributed by atoms with van der Waals surface area (Å²) in [6.07, 6.45) is 3.83. The number of hydrogen-bond donors (Lipinski definition) is 0. The summed E-state index contributed by atoms with van der Waals surface area (Å²) in [7, 11) is 0. The van der Waals surface area contributed by atoms with Crippen LogP contribution in [0.4, 0.5) is 0 Å².